The van der Waals surface area contributed by atoms with Crippen molar-refractivity contribution in [3.63, 3.8) is 0 Å². The molecule has 0 unspecified atom stereocenters. The number of benzene rings is 1. The largest absolute Gasteiger partial charge is 0.357 e. The number of hydrogen-bond acceptors (Lipinski definition) is 8. The zero-order valence-electron chi connectivity index (χ0n) is 17.7. The van der Waals surface area contributed by atoms with E-state index in [1.165, 1.54) is 30.6 Å². The monoisotopic (exact) mass is 453 g/mol. The van der Waals surface area contributed by atoms with Crippen LogP contribution >= 0.6 is 0 Å². The molecule has 166 valence electrons. The van der Waals surface area contributed by atoms with Crippen LogP contribution in [-0.2, 0) is 10.0 Å². The molecule has 1 saturated heterocycles. The summed E-state index contributed by atoms with van der Waals surface area (Å²) in [6.45, 7) is 5.27. The minimum absolute atomic E-state index is 0.0442. The molecule has 2 aromatic heterocycles. The Morgan fingerprint density at radius 3 is 2.41 bits per heavy atom. The number of hydrogen-bond donors (Lipinski definition) is 2. The minimum Gasteiger partial charge on any atom is -0.357 e. The summed E-state index contributed by atoms with van der Waals surface area (Å²) in [7, 11) is -3.84. The van der Waals surface area contributed by atoms with Crippen molar-refractivity contribution in [1.82, 2.24) is 19.9 Å². The first kappa shape index (κ1) is 21.6. The van der Waals surface area contributed by atoms with Crippen molar-refractivity contribution in [1.29, 1.82) is 0 Å². The first-order chi connectivity index (χ1) is 15.3. The second-order valence-corrected chi connectivity index (χ2v) is 9.16. The lowest BCUT2D eigenvalue weighted by molar-refractivity contribution is 0.102. The summed E-state index contributed by atoms with van der Waals surface area (Å²) in [6, 6.07) is 9.08. The van der Waals surface area contributed by atoms with E-state index in [1.54, 1.807) is 26.0 Å². The third-order valence-electron chi connectivity index (χ3n) is 4.94. The lowest BCUT2D eigenvalue weighted by Gasteiger charge is -2.16. The highest BCUT2D eigenvalue weighted by Gasteiger charge is 2.18. The summed E-state index contributed by atoms with van der Waals surface area (Å²) < 4.78 is 27.8. The van der Waals surface area contributed by atoms with Crippen molar-refractivity contribution in [3.05, 3.63) is 59.9 Å². The second kappa shape index (κ2) is 8.87. The molecule has 1 aliphatic rings. The highest BCUT2D eigenvalue weighted by atomic mass is 32.2. The van der Waals surface area contributed by atoms with E-state index >= 15 is 0 Å². The maximum Gasteiger partial charge on any atom is 0.274 e. The van der Waals surface area contributed by atoms with Crippen molar-refractivity contribution in [3.8, 4) is 0 Å². The molecule has 4 rings (SSSR count). The van der Waals surface area contributed by atoms with Crippen LogP contribution in [0.5, 0.6) is 0 Å². The number of amides is 1. The number of anilines is 3. The molecule has 0 spiro atoms. The van der Waals surface area contributed by atoms with Crippen LogP contribution in [0.2, 0.25) is 0 Å². The van der Waals surface area contributed by atoms with Crippen molar-refractivity contribution >= 4 is 33.3 Å². The SMILES string of the molecule is Cc1cc(NS(=O)(=O)c2ccc(NC(=O)c3cc(N4CCCC4)ncn3)cc2)nc(C)n1. The Morgan fingerprint density at radius 1 is 1.00 bits per heavy atom. The molecule has 0 bridgehead atoms. The molecule has 3 aromatic rings. The minimum atomic E-state index is -3.84. The maximum atomic E-state index is 12.7. The first-order valence-corrected chi connectivity index (χ1v) is 11.6. The molecule has 32 heavy (non-hydrogen) atoms. The van der Waals surface area contributed by atoms with Crippen molar-refractivity contribution in [2.75, 3.05) is 28.0 Å². The zero-order chi connectivity index (χ0) is 22.7. The van der Waals surface area contributed by atoms with Crippen LogP contribution in [0, 0.1) is 13.8 Å². The Morgan fingerprint density at radius 2 is 1.72 bits per heavy atom. The molecule has 1 aliphatic heterocycles. The lowest BCUT2D eigenvalue weighted by atomic mass is 10.3. The molecule has 0 aliphatic carbocycles. The van der Waals surface area contributed by atoms with Gasteiger partial charge < -0.3 is 10.2 Å². The Hall–Kier alpha value is -3.60. The van der Waals surface area contributed by atoms with Crippen LogP contribution in [0.1, 0.15) is 34.8 Å². The van der Waals surface area contributed by atoms with E-state index in [2.05, 4.69) is 34.9 Å². The van der Waals surface area contributed by atoms with E-state index in [0.717, 1.165) is 31.7 Å². The van der Waals surface area contributed by atoms with Gasteiger partial charge in [-0.05, 0) is 51.0 Å². The van der Waals surface area contributed by atoms with Gasteiger partial charge in [0.1, 0.15) is 29.5 Å². The third kappa shape index (κ3) is 4.99. The standard InChI is InChI=1S/C21H23N7O3S/c1-14-11-19(25-15(2)24-14)27-32(30,31)17-7-5-16(6-8-17)26-21(29)18-12-20(23-13-22-18)28-9-3-4-10-28/h5-8,11-13H,3-4,9-10H2,1-2H3,(H,26,29)(H,24,25,27). The molecule has 10 nitrogen and oxygen atoms in total. The highest BCUT2D eigenvalue weighted by molar-refractivity contribution is 7.92. The zero-order valence-corrected chi connectivity index (χ0v) is 18.6. The lowest BCUT2D eigenvalue weighted by Crippen LogP contribution is -2.21. The van der Waals surface area contributed by atoms with Gasteiger partial charge in [0.05, 0.1) is 4.90 Å². The van der Waals surface area contributed by atoms with E-state index in [9.17, 15) is 13.2 Å². The molecular weight excluding hydrogens is 430 g/mol. The molecule has 0 radical (unpaired) electrons. The summed E-state index contributed by atoms with van der Waals surface area (Å²) in [5.41, 5.74) is 1.35. The molecule has 0 saturated carbocycles. The van der Waals surface area contributed by atoms with Gasteiger partial charge in [-0.1, -0.05) is 0 Å². The molecule has 1 fully saturated rings. The van der Waals surface area contributed by atoms with Crippen molar-refractivity contribution in [2.24, 2.45) is 0 Å². The van der Waals surface area contributed by atoms with Gasteiger partial charge in [-0.2, -0.15) is 0 Å². The molecule has 3 heterocycles. The smallest absolute Gasteiger partial charge is 0.274 e. The molecular formula is C21H23N7O3S. The highest BCUT2D eigenvalue weighted by Crippen LogP contribution is 2.20. The van der Waals surface area contributed by atoms with Crippen LogP contribution < -0.4 is 14.9 Å². The first-order valence-electron chi connectivity index (χ1n) is 10.1. The number of sulfonamides is 1. The van der Waals surface area contributed by atoms with Gasteiger partial charge in [0.15, 0.2) is 0 Å². The van der Waals surface area contributed by atoms with E-state index < -0.39 is 15.9 Å². The van der Waals surface area contributed by atoms with Crippen LogP contribution in [-0.4, -0.2) is 47.4 Å². The van der Waals surface area contributed by atoms with Crippen molar-refractivity contribution in [2.45, 2.75) is 31.6 Å². The van der Waals surface area contributed by atoms with Gasteiger partial charge in [0.2, 0.25) is 0 Å². The van der Waals surface area contributed by atoms with Gasteiger partial charge in [0, 0.05) is 36.6 Å². The normalized spacial score (nSPS) is 13.8. The van der Waals surface area contributed by atoms with E-state index in [-0.39, 0.29) is 16.4 Å². The molecule has 1 amide bonds. The van der Waals surface area contributed by atoms with Gasteiger partial charge in [-0.25, -0.2) is 28.4 Å². The van der Waals surface area contributed by atoms with Gasteiger partial charge in [0.25, 0.3) is 15.9 Å². The van der Waals surface area contributed by atoms with E-state index in [4.69, 9.17) is 0 Å². The van der Waals surface area contributed by atoms with Gasteiger partial charge in [-0.3, -0.25) is 9.52 Å². The Kier molecular flexibility index (Phi) is 5.99. The van der Waals surface area contributed by atoms with E-state index in [1.807, 2.05) is 0 Å². The van der Waals surface area contributed by atoms with Crippen LogP contribution in [0.3, 0.4) is 0 Å². The number of nitrogens with one attached hydrogen (secondary N) is 2. The van der Waals surface area contributed by atoms with Gasteiger partial charge in [-0.15, -0.1) is 0 Å². The predicted octanol–water partition coefficient (Wildman–Crippen LogP) is 2.54. The fourth-order valence-corrected chi connectivity index (χ4v) is 4.46. The number of nitrogens with zero attached hydrogens (tertiary/aromatic N) is 5. The van der Waals surface area contributed by atoms with Crippen LogP contribution in [0.15, 0.2) is 47.6 Å². The summed E-state index contributed by atoms with van der Waals surface area (Å²) >= 11 is 0. The molecule has 1 aromatic carbocycles. The maximum absolute atomic E-state index is 12.7. The topological polar surface area (TPSA) is 130 Å². The predicted molar refractivity (Wildman–Crippen MR) is 120 cm³/mol. The quantitative estimate of drug-likeness (QED) is 0.582. The van der Waals surface area contributed by atoms with E-state index in [0.29, 0.717) is 17.2 Å². The van der Waals surface area contributed by atoms with Crippen molar-refractivity contribution < 1.29 is 13.2 Å². The number of aryl methyl sites for hydroxylation is 2. The fraction of sp³-hybridized carbons (Fsp3) is 0.286. The Balaban J connectivity index is 1.45. The Labute approximate surface area is 186 Å². The summed E-state index contributed by atoms with van der Waals surface area (Å²) in [4.78, 5) is 31.3. The third-order valence-corrected chi connectivity index (χ3v) is 6.31. The second-order valence-electron chi connectivity index (χ2n) is 7.48. The number of carbonyl (C=O) groups is 1. The Bertz CT molecular complexity index is 1220. The molecule has 2 N–H and O–H groups in total. The van der Waals surface area contributed by atoms with Crippen LogP contribution in [0.4, 0.5) is 17.3 Å². The molecule has 0 atom stereocenters. The number of aromatic nitrogens is 4. The molecule has 11 heteroatoms. The summed E-state index contributed by atoms with van der Waals surface area (Å²) in [5, 5.41) is 2.74. The fourth-order valence-electron chi connectivity index (χ4n) is 3.47. The summed E-state index contributed by atoms with van der Waals surface area (Å²) in [6.07, 6.45) is 3.58. The van der Waals surface area contributed by atoms with Gasteiger partial charge >= 0.3 is 0 Å². The van der Waals surface area contributed by atoms with Crippen LogP contribution in [0.25, 0.3) is 0 Å². The average molecular weight is 454 g/mol. The summed E-state index contributed by atoms with van der Waals surface area (Å²) in [5.74, 6) is 1.00. The number of carbonyl (C=O) groups excluding carboxylic acids is 1. The number of rotatable bonds is 6. The average Bonchev–Trinajstić information content (AvgIpc) is 3.28.